The SMILES string of the molecule is NCc1cc(CN2CCNCC2)c[nH]1. The van der Waals surface area contributed by atoms with Gasteiger partial charge < -0.3 is 16.0 Å². The number of rotatable bonds is 3. The molecule has 0 unspecified atom stereocenters. The fourth-order valence-corrected chi connectivity index (χ4v) is 1.83. The lowest BCUT2D eigenvalue weighted by atomic mass is 10.2. The van der Waals surface area contributed by atoms with E-state index in [0.717, 1.165) is 38.4 Å². The summed E-state index contributed by atoms with van der Waals surface area (Å²) >= 11 is 0. The average molecular weight is 194 g/mol. The van der Waals surface area contributed by atoms with Gasteiger partial charge in [0.1, 0.15) is 0 Å². The summed E-state index contributed by atoms with van der Waals surface area (Å²) < 4.78 is 0. The van der Waals surface area contributed by atoms with Crippen molar-refractivity contribution in [2.45, 2.75) is 13.1 Å². The van der Waals surface area contributed by atoms with Crippen LogP contribution in [0.1, 0.15) is 11.3 Å². The van der Waals surface area contributed by atoms with Crippen molar-refractivity contribution in [1.82, 2.24) is 15.2 Å². The Labute approximate surface area is 84.5 Å². The van der Waals surface area contributed by atoms with Crippen LogP contribution >= 0.6 is 0 Å². The van der Waals surface area contributed by atoms with E-state index in [0.29, 0.717) is 6.54 Å². The first-order chi connectivity index (χ1) is 6.88. The number of piperazine rings is 1. The summed E-state index contributed by atoms with van der Waals surface area (Å²) in [4.78, 5) is 5.64. The van der Waals surface area contributed by atoms with Gasteiger partial charge in [-0.3, -0.25) is 4.90 Å². The second kappa shape index (κ2) is 4.59. The minimum atomic E-state index is 0.599. The third-order valence-electron chi connectivity index (χ3n) is 2.64. The van der Waals surface area contributed by atoms with Gasteiger partial charge in [-0.15, -0.1) is 0 Å². The first-order valence-corrected chi connectivity index (χ1v) is 5.18. The zero-order valence-corrected chi connectivity index (χ0v) is 8.42. The second-order valence-corrected chi connectivity index (χ2v) is 3.76. The summed E-state index contributed by atoms with van der Waals surface area (Å²) in [7, 11) is 0. The molecule has 1 aromatic rings. The van der Waals surface area contributed by atoms with Gasteiger partial charge in [-0.05, 0) is 11.6 Å². The molecule has 4 nitrogen and oxygen atoms in total. The van der Waals surface area contributed by atoms with Crippen molar-refractivity contribution in [3.63, 3.8) is 0 Å². The number of hydrogen-bond donors (Lipinski definition) is 3. The van der Waals surface area contributed by atoms with Gasteiger partial charge in [0.15, 0.2) is 0 Å². The Kier molecular flexibility index (Phi) is 3.18. The highest BCUT2D eigenvalue weighted by Crippen LogP contribution is 2.07. The van der Waals surface area contributed by atoms with E-state index < -0.39 is 0 Å². The van der Waals surface area contributed by atoms with Gasteiger partial charge >= 0.3 is 0 Å². The number of hydrogen-bond acceptors (Lipinski definition) is 3. The monoisotopic (exact) mass is 194 g/mol. The van der Waals surface area contributed by atoms with Crippen molar-refractivity contribution in [2.24, 2.45) is 5.73 Å². The van der Waals surface area contributed by atoms with Crippen molar-refractivity contribution in [1.29, 1.82) is 0 Å². The maximum Gasteiger partial charge on any atom is 0.0332 e. The molecule has 0 atom stereocenters. The predicted octanol–water partition coefficient (Wildman–Crippen LogP) is -0.121. The van der Waals surface area contributed by atoms with Crippen LogP contribution in [0.25, 0.3) is 0 Å². The van der Waals surface area contributed by atoms with E-state index in [1.807, 2.05) is 0 Å². The quantitative estimate of drug-likeness (QED) is 0.628. The van der Waals surface area contributed by atoms with Crippen LogP contribution in [0, 0.1) is 0 Å². The lowest BCUT2D eigenvalue weighted by Gasteiger charge is -2.26. The Balaban J connectivity index is 1.89. The van der Waals surface area contributed by atoms with E-state index in [2.05, 4.69) is 27.5 Å². The molecule has 0 saturated carbocycles. The Morgan fingerprint density at radius 2 is 2.14 bits per heavy atom. The van der Waals surface area contributed by atoms with Gasteiger partial charge in [-0.1, -0.05) is 0 Å². The van der Waals surface area contributed by atoms with E-state index in [-0.39, 0.29) is 0 Å². The largest absolute Gasteiger partial charge is 0.364 e. The summed E-state index contributed by atoms with van der Waals surface area (Å²) in [6.07, 6.45) is 2.06. The molecule has 4 heteroatoms. The van der Waals surface area contributed by atoms with E-state index in [1.54, 1.807) is 0 Å². The molecule has 1 saturated heterocycles. The average Bonchev–Trinajstić information content (AvgIpc) is 2.67. The number of nitrogens with zero attached hydrogens (tertiary/aromatic N) is 1. The molecule has 4 N–H and O–H groups in total. The number of aromatic amines is 1. The Hall–Kier alpha value is -0.840. The lowest BCUT2D eigenvalue weighted by Crippen LogP contribution is -2.42. The van der Waals surface area contributed by atoms with Gasteiger partial charge in [0, 0.05) is 51.2 Å². The molecule has 2 heterocycles. The molecule has 1 aromatic heterocycles. The first kappa shape index (κ1) is 9.71. The van der Waals surface area contributed by atoms with Crippen molar-refractivity contribution in [2.75, 3.05) is 26.2 Å². The van der Waals surface area contributed by atoms with Crippen molar-refractivity contribution in [3.05, 3.63) is 23.5 Å². The Morgan fingerprint density at radius 3 is 2.79 bits per heavy atom. The van der Waals surface area contributed by atoms with Crippen LogP contribution in [-0.4, -0.2) is 36.1 Å². The van der Waals surface area contributed by atoms with E-state index >= 15 is 0 Å². The Bertz CT molecular complexity index is 275. The van der Waals surface area contributed by atoms with E-state index in [4.69, 9.17) is 5.73 Å². The molecule has 1 aliphatic rings. The molecule has 0 spiro atoms. The van der Waals surface area contributed by atoms with Crippen molar-refractivity contribution >= 4 is 0 Å². The second-order valence-electron chi connectivity index (χ2n) is 3.76. The zero-order valence-electron chi connectivity index (χ0n) is 8.42. The van der Waals surface area contributed by atoms with Crippen LogP contribution in [0.3, 0.4) is 0 Å². The summed E-state index contributed by atoms with van der Waals surface area (Å²) in [6, 6.07) is 2.15. The van der Waals surface area contributed by atoms with Gasteiger partial charge in [-0.2, -0.15) is 0 Å². The molecule has 0 aromatic carbocycles. The third-order valence-corrected chi connectivity index (χ3v) is 2.64. The fourth-order valence-electron chi connectivity index (χ4n) is 1.83. The highest BCUT2D eigenvalue weighted by Gasteiger charge is 2.10. The van der Waals surface area contributed by atoms with Crippen LogP contribution in [0.2, 0.25) is 0 Å². The molecule has 0 bridgehead atoms. The van der Waals surface area contributed by atoms with Gasteiger partial charge in [0.25, 0.3) is 0 Å². The van der Waals surface area contributed by atoms with Crippen LogP contribution < -0.4 is 11.1 Å². The highest BCUT2D eigenvalue weighted by molar-refractivity contribution is 5.16. The first-order valence-electron chi connectivity index (χ1n) is 5.18. The Morgan fingerprint density at radius 1 is 1.36 bits per heavy atom. The third kappa shape index (κ3) is 2.35. The van der Waals surface area contributed by atoms with Crippen LogP contribution in [0.4, 0.5) is 0 Å². The molecule has 78 valence electrons. The summed E-state index contributed by atoms with van der Waals surface area (Å²) in [5.41, 5.74) is 8.00. The minimum absolute atomic E-state index is 0.599. The van der Waals surface area contributed by atoms with Crippen molar-refractivity contribution < 1.29 is 0 Å². The number of nitrogens with two attached hydrogens (primary N) is 1. The minimum Gasteiger partial charge on any atom is -0.364 e. The molecular formula is C10H18N4. The normalized spacial score (nSPS) is 18.6. The molecule has 2 rings (SSSR count). The topological polar surface area (TPSA) is 57.1 Å². The molecule has 14 heavy (non-hydrogen) atoms. The van der Waals surface area contributed by atoms with E-state index in [1.165, 1.54) is 5.56 Å². The maximum atomic E-state index is 5.54. The smallest absolute Gasteiger partial charge is 0.0332 e. The van der Waals surface area contributed by atoms with Crippen LogP contribution in [0.5, 0.6) is 0 Å². The molecular weight excluding hydrogens is 176 g/mol. The lowest BCUT2D eigenvalue weighted by molar-refractivity contribution is 0.233. The highest BCUT2D eigenvalue weighted by atomic mass is 15.2. The summed E-state index contributed by atoms with van der Waals surface area (Å²) in [6.45, 7) is 6.13. The van der Waals surface area contributed by atoms with E-state index in [9.17, 15) is 0 Å². The summed E-state index contributed by atoms with van der Waals surface area (Å²) in [5, 5.41) is 3.35. The van der Waals surface area contributed by atoms with Crippen LogP contribution in [-0.2, 0) is 13.1 Å². The fraction of sp³-hybridized carbons (Fsp3) is 0.600. The molecule has 1 fully saturated rings. The number of nitrogens with one attached hydrogen (secondary N) is 2. The molecule has 1 aliphatic heterocycles. The maximum absolute atomic E-state index is 5.54. The van der Waals surface area contributed by atoms with Crippen LogP contribution in [0.15, 0.2) is 12.3 Å². The van der Waals surface area contributed by atoms with Crippen molar-refractivity contribution in [3.8, 4) is 0 Å². The molecule has 0 amide bonds. The predicted molar refractivity (Wildman–Crippen MR) is 56.8 cm³/mol. The number of H-pyrrole nitrogens is 1. The van der Waals surface area contributed by atoms with Gasteiger partial charge in [-0.25, -0.2) is 0 Å². The molecule has 0 radical (unpaired) electrons. The number of aromatic nitrogens is 1. The van der Waals surface area contributed by atoms with Gasteiger partial charge in [0.05, 0.1) is 0 Å². The molecule has 0 aliphatic carbocycles. The standard InChI is InChI=1S/C10H18N4/c11-6-10-5-9(7-13-10)8-14-3-1-12-2-4-14/h5,7,12-13H,1-4,6,8,11H2. The summed E-state index contributed by atoms with van der Waals surface area (Å²) in [5.74, 6) is 0. The zero-order chi connectivity index (χ0) is 9.80. The van der Waals surface area contributed by atoms with Gasteiger partial charge in [0.2, 0.25) is 0 Å².